The first-order valence-electron chi connectivity index (χ1n) is 10.5. The highest BCUT2D eigenvalue weighted by molar-refractivity contribution is 7.92. The number of benzene rings is 2. The number of aryl methyl sites for hydroxylation is 3. The topological polar surface area (TPSA) is 87.7 Å². The van der Waals surface area contributed by atoms with Gasteiger partial charge in [-0.25, -0.2) is 8.42 Å². The van der Waals surface area contributed by atoms with Crippen LogP contribution in [0.15, 0.2) is 41.3 Å². The van der Waals surface area contributed by atoms with Gasteiger partial charge < -0.3 is 10.1 Å². The third-order valence-electron chi connectivity index (χ3n) is 5.25. The first-order chi connectivity index (χ1) is 14.7. The molecule has 2 aromatic carbocycles. The number of nitrogens with one attached hydrogen (secondary N) is 2. The third-order valence-corrected chi connectivity index (χ3v) is 6.78. The fraction of sp³-hybridized carbons (Fsp3) is 0.435. The molecule has 0 saturated carbocycles. The molecule has 1 aliphatic heterocycles. The molecule has 0 atom stereocenters. The van der Waals surface area contributed by atoms with Gasteiger partial charge in [0.05, 0.1) is 18.1 Å². The van der Waals surface area contributed by atoms with Crippen molar-refractivity contribution in [3.8, 4) is 0 Å². The second kappa shape index (κ2) is 10.3. The largest absolute Gasteiger partial charge is 0.379 e. The molecule has 31 heavy (non-hydrogen) atoms. The lowest BCUT2D eigenvalue weighted by Gasteiger charge is -2.26. The maximum Gasteiger partial charge on any atom is 0.262 e. The molecule has 0 spiro atoms. The molecule has 0 unspecified atom stereocenters. The van der Waals surface area contributed by atoms with E-state index in [9.17, 15) is 13.2 Å². The van der Waals surface area contributed by atoms with E-state index in [4.69, 9.17) is 4.74 Å². The van der Waals surface area contributed by atoms with Gasteiger partial charge >= 0.3 is 0 Å². The Labute approximate surface area is 184 Å². The number of amides is 1. The van der Waals surface area contributed by atoms with Crippen molar-refractivity contribution in [1.29, 1.82) is 0 Å². The lowest BCUT2D eigenvalue weighted by Crippen LogP contribution is -2.38. The van der Waals surface area contributed by atoms with Crippen molar-refractivity contribution >= 4 is 21.6 Å². The van der Waals surface area contributed by atoms with Gasteiger partial charge in [0.15, 0.2) is 0 Å². The minimum Gasteiger partial charge on any atom is -0.379 e. The molecule has 2 aromatic rings. The van der Waals surface area contributed by atoms with E-state index in [2.05, 4.69) is 14.9 Å². The van der Waals surface area contributed by atoms with Crippen LogP contribution in [0.4, 0.5) is 5.69 Å². The Bertz CT molecular complexity index is 1010. The lowest BCUT2D eigenvalue weighted by atomic mass is 10.1. The summed E-state index contributed by atoms with van der Waals surface area (Å²) in [5.41, 5.74) is 3.37. The number of anilines is 1. The van der Waals surface area contributed by atoms with Gasteiger partial charge in [-0.2, -0.15) is 0 Å². The molecule has 3 rings (SSSR count). The number of nitrogens with zero attached hydrogens (tertiary/aromatic N) is 1. The number of sulfonamides is 1. The summed E-state index contributed by atoms with van der Waals surface area (Å²) in [6.45, 7) is 10.3. The van der Waals surface area contributed by atoms with E-state index in [1.54, 1.807) is 31.2 Å². The van der Waals surface area contributed by atoms with E-state index in [-0.39, 0.29) is 10.8 Å². The van der Waals surface area contributed by atoms with Gasteiger partial charge in [0.1, 0.15) is 0 Å². The van der Waals surface area contributed by atoms with E-state index in [1.807, 2.05) is 19.9 Å². The number of carbonyl (C=O) groups is 1. The molecule has 0 radical (unpaired) electrons. The quantitative estimate of drug-likeness (QED) is 0.610. The molecule has 168 valence electrons. The molecule has 1 aliphatic rings. The molecule has 1 amide bonds. The fourth-order valence-electron chi connectivity index (χ4n) is 3.71. The van der Waals surface area contributed by atoms with Crippen molar-refractivity contribution in [1.82, 2.24) is 10.2 Å². The van der Waals surface area contributed by atoms with E-state index in [0.717, 1.165) is 50.4 Å². The maximum atomic E-state index is 13.0. The van der Waals surface area contributed by atoms with Crippen molar-refractivity contribution in [2.45, 2.75) is 32.1 Å². The molecule has 1 heterocycles. The summed E-state index contributed by atoms with van der Waals surface area (Å²) in [6, 6.07) is 10.3. The van der Waals surface area contributed by atoms with Crippen LogP contribution in [0.2, 0.25) is 0 Å². The van der Waals surface area contributed by atoms with Gasteiger partial charge in [-0.1, -0.05) is 12.1 Å². The third kappa shape index (κ3) is 6.53. The molecule has 7 nitrogen and oxygen atoms in total. The summed E-state index contributed by atoms with van der Waals surface area (Å²) in [6.07, 6.45) is 0.830. The number of carbonyl (C=O) groups excluding carboxylic acids is 1. The Morgan fingerprint density at radius 3 is 2.39 bits per heavy atom. The van der Waals surface area contributed by atoms with Crippen LogP contribution in [0.25, 0.3) is 0 Å². The average Bonchev–Trinajstić information content (AvgIpc) is 2.71. The van der Waals surface area contributed by atoms with Crippen molar-refractivity contribution in [3.05, 3.63) is 58.7 Å². The Balaban J connectivity index is 1.64. The Hall–Kier alpha value is -2.42. The highest BCUT2D eigenvalue weighted by Crippen LogP contribution is 2.22. The molecular weight excluding hydrogens is 414 g/mol. The Kier molecular flexibility index (Phi) is 7.69. The van der Waals surface area contributed by atoms with Gasteiger partial charge in [0.2, 0.25) is 0 Å². The smallest absolute Gasteiger partial charge is 0.262 e. The minimum atomic E-state index is -3.82. The Morgan fingerprint density at radius 1 is 1.03 bits per heavy atom. The zero-order chi connectivity index (χ0) is 22.4. The van der Waals surface area contributed by atoms with Gasteiger partial charge in [-0.05, 0) is 74.7 Å². The molecule has 1 saturated heterocycles. The van der Waals surface area contributed by atoms with Crippen LogP contribution in [-0.4, -0.2) is 58.6 Å². The second-order valence-electron chi connectivity index (χ2n) is 8.03. The summed E-state index contributed by atoms with van der Waals surface area (Å²) in [4.78, 5) is 15.0. The van der Waals surface area contributed by atoms with Crippen LogP contribution in [0.1, 0.15) is 33.5 Å². The average molecular weight is 446 g/mol. The van der Waals surface area contributed by atoms with Crippen LogP contribution in [0.5, 0.6) is 0 Å². The van der Waals surface area contributed by atoms with E-state index in [0.29, 0.717) is 23.4 Å². The van der Waals surface area contributed by atoms with Gasteiger partial charge in [-0.15, -0.1) is 0 Å². The number of ether oxygens (including phenoxy) is 1. The van der Waals surface area contributed by atoms with Crippen LogP contribution in [0.3, 0.4) is 0 Å². The van der Waals surface area contributed by atoms with Gasteiger partial charge in [0, 0.05) is 30.9 Å². The van der Waals surface area contributed by atoms with Crippen molar-refractivity contribution in [2.24, 2.45) is 0 Å². The maximum absolute atomic E-state index is 13.0. The standard InChI is InChI=1S/C23H31N3O4S/c1-17-13-18(2)15-21(14-17)25-31(28,29)22-16-20(6-5-19(22)3)23(27)24-7-4-8-26-9-11-30-12-10-26/h5-6,13-16,25H,4,7-12H2,1-3H3,(H,24,27). The van der Waals surface area contributed by atoms with E-state index >= 15 is 0 Å². The SMILES string of the molecule is Cc1cc(C)cc(NS(=O)(=O)c2cc(C(=O)NCCCN3CCOCC3)ccc2C)c1. The van der Waals surface area contributed by atoms with Gasteiger partial charge in [0.25, 0.3) is 15.9 Å². The second-order valence-corrected chi connectivity index (χ2v) is 9.68. The Morgan fingerprint density at radius 2 is 1.71 bits per heavy atom. The molecule has 0 aromatic heterocycles. The molecule has 8 heteroatoms. The number of hydrogen-bond donors (Lipinski definition) is 2. The number of hydrogen-bond acceptors (Lipinski definition) is 5. The molecular formula is C23H31N3O4S. The molecule has 1 fully saturated rings. The number of rotatable bonds is 8. The zero-order valence-corrected chi connectivity index (χ0v) is 19.2. The van der Waals surface area contributed by atoms with Crippen LogP contribution < -0.4 is 10.0 Å². The highest BCUT2D eigenvalue weighted by atomic mass is 32.2. The van der Waals surface area contributed by atoms with Crippen molar-refractivity contribution < 1.29 is 17.9 Å². The fourth-order valence-corrected chi connectivity index (χ4v) is 5.02. The molecule has 2 N–H and O–H groups in total. The first-order valence-corrected chi connectivity index (χ1v) is 12.0. The highest BCUT2D eigenvalue weighted by Gasteiger charge is 2.20. The molecule has 0 bridgehead atoms. The summed E-state index contributed by atoms with van der Waals surface area (Å²) in [7, 11) is -3.82. The number of morpholine rings is 1. The van der Waals surface area contributed by atoms with Crippen molar-refractivity contribution in [2.75, 3.05) is 44.1 Å². The van der Waals surface area contributed by atoms with Crippen molar-refractivity contribution in [3.63, 3.8) is 0 Å². The predicted molar refractivity (Wildman–Crippen MR) is 122 cm³/mol. The summed E-state index contributed by atoms with van der Waals surface area (Å²) >= 11 is 0. The summed E-state index contributed by atoms with van der Waals surface area (Å²) < 4.78 is 34.0. The minimum absolute atomic E-state index is 0.104. The van der Waals surface area contributed by atoms with Crippen LogP contribution in [0, 0.1) is 20.8 Å². The molecule has 0 aliphatic carbocycles. The normalized spacial score (nSPS) is 14.9. The van der Waals surface area contributed by atoms with Crippen LogP contribution in [-0.2, 0) is 14.8 Å². The monoisotopic (exact) mass is 445 g/mol. The summed E-state index contributed by atoms with van der Waals surface area (Å²) in [5, 5.41) is 2.89. The predicted octanol–water partition coefficient (Wildman–Crippen LogP) is 2.86. The van der Waals surface area contributed by atoms with E-state index < -0.39 is 10.0 Å². The zero-order valence-electron chi connectivity index (χ0n) is 18.4. The van der Waals surface area contributed by atoms with E-state index in [1.165, 1.54) is 6.07 Å². The first kappa shape index (κ1) is 23.2. The van der Waals surface area contributed by atoms with Crippen LogP contribution >= 0.6 is 0 Å². The summed E-state index contributed by atoms with van der Waals surface area (Å²) in [5.74, 6) is -0.273. The lowest BCUT2D eigenvalue weighted by molar-refractivity contribution is 0.0374. The van der Waals surface area contributed by atoms with Gasteiger partial charge in [-0.3, -0.25) is 14.4 Å².